The zero-order valence-corrected chi connectivity index (χ0v) is 12.7. The van der Waals surface area contributed by atoms with E-state index < -0.39 is 11.7 Å². The molecule has 3 aromatic carbocycles. The third kappa shape index (κ3) is 2.97. The van der Waals surface area contributed by atoms with Crippen LogP contribution in [0.15, 0.2) is 54.6 Å². The summed E-state index contributed by atoms with van der Waals surface area (Å²) < 4.78 is 37.9. The maximum absolute atomic E-state index is 12.6. The molecular formula is C19H13F3O2. The minimum absolute atomic E-state index is 0.00308. The molecule has 122 valence electrons. The topological polar surface area (TPSA) is 37.3 Å². The molecule has 3 aromatic rings. The van der Waals surface area contributed by atoms with Gasteiger partial charge in [0.05, 0.1) is 5.56 Å². The number of benzene rings is 3. The Bertz CT molecular complexity index is 926. The molecule has 0 spiro atoms. The summed E-state index contributed by atoms with van der Waals surface area (Å²) in [7, 11) is 0. The summed E-state index contributed by atoms with van der Waals surface area (Å²) in [6.07, 6.45) is -4.37. The lowest BCUT2D eigenvalue weighted by Crippen LogP contribution is -2.03. The fourth-order valence-corrected chi connectivity index (χ4v) is 2.58. The van der Waals surface area contributed by atoms with E-state index in [-0.39, 0.29) is 11.5 Å². The number of ketones is 1. The number of phenolic OH excluding ortho intramolecular Hbond substituents is 1. The molecule has 0 amide bonds. The SMILES string of the molecule is CC(=O)c1cc(O)c2ccc(-c3ccc(C(F)(F)F)cc3)cc2c1. The van der Waals surface area contributed by atoms with Gasteiger partial charge in [-0.05, 0) is 53.8 Å². The number of aromatic hydroxyl groups is 1. The number of halogens is 3. The monoisotopic (exact) mass is 330 g/mol. The molecule has 0 aliphatic heterocycles. The highest BCUT2D eigenvalue weighted by Crippen LogP contribution is 2.33. The van der Waals surface area contributed by atoms with Gasteiger partial charge in [-0.2, -0.15) is 13.2 Å². The van der Waals surface area contributed by atoms with Crippen molar-refractivity contribution in [3.63, 3.8) is 0 Å². The van der Waals surface area contributed by atoms with Crippen LogP contribution in [0.1, 0.15) is 22.8 Å². The first kappa shape index (κ1) is 16.1. The van der Waals surface area contributed by atoms with Crippen LogP contribution in [0.2, 0.25) is 0 Å². The van der Waals surface area contributed by atoms with Gasteiger partial charge in [0.15, 0.2) is 5.78 Å². The van der Waals surface area contributed by atoms with Crippen molar-refractivity contribution in [1.29, 1.82) is 0 Å². The van der Waals surface area contributed by atoms with E-state index in [9.17, 15) is 23.1 Å². The number of carbonyl (C=O) groups is 1. The van der Waals surface area contributed by atoms with Gasteiger partial charge in [0.1, 0.15) is 5.75 Å². The molecule has 24 heavy (non-hydrogen) atoms. The van der Waals surface area contributed by atoms with Crippen molar-refractivity contribution in [2.45, 2.75) is 13.1 Å². The quantitative estimate of drug-likeness (QED) is 0.636. The van der Waals surface area contributed by atoms with Gasteiger partial charge >= 0.3 is 6.18 Å². The summed E-state index contributed by atoms with van der Waals surface area (Å²) >= 11 is 0. The second-order valence-electron chi connectivity index (χ2n) is 5.56. The number of rotatable bonds is 2. The number of Topliss-reactive ketones (excluding diaryl/α,β-unsaturated/α-hetero) is 1. The average Bonchev–Trinajstić information content (AvgIpc) is 2.53. The minimum Gasteiger partial charge on any atom is -0.507 e. The van der Waals surface area contributed by atoms with Crippen molar-refractivity contribution in [2.75, 3.05) is 0 Å². The number of hydrogen-bond acceptors (Lipinski definition) is 2. The molecule has 0 aliphatic rings. The number of fused-ring (bicyclic) bond motifs is 1. The highest BCUT2D eigenvalue weighted by molar-refractivity contribution is 6.01. The third-order valence-corrected chi connectivity index (χ3v) is 3.88. The van der Waals surface area contributed by atoms with E-state index in [2.05, 4.69) is 0 Å². The van der Waals surface area contributed by atoms with Crippen LogP contribution in [-0.4, -0.2) is 10.9 Å². The molecule has 3 rings (SSSR count). The van der Waals surface area contributed by atoms with Gasteiger partial charge in [0.2, 0.25) is 0 Å². The number of phenols is 1. The summed E-state index contributed by atoms with van der Waals surface area (Å²) in [4.78, 5) is 11.5. The van der Waals surface area contributed by atoms with Crippen LogP contribution < -0.4 is 0 Å². The molecule has 0 unspecified atom stereocenters. The van der Waals surface area contributed by atoms with Crippen molar-refractivity contribution in [3.05, 3.63) is 65.7 Å². The van der Waals surface area contributed by atoms with E-state index in [4.69, 9.17) is 0 Å². The van der Waals surface area contributed by atoms with Crippen LogP contribution >= 0.6 is 0 Å². The van der Waals surface area contributed by atoms with E-state index in [0.29, 0.717) is 27.5 Å². The fraction of sp³-hybridized carbons (Fsp3) is 0.105. The molecular weight excluding hydrogens is 317 g/mol. The molecule has 0 heterocycles. The van der Waals surface area contributed by atoms with Crippen LogP contribution in [0, 0.1) is 0 Å². The molecule has 0 aliphatic carbocycles. The molecule has 0 fully saturated rings. The predicted octanol–water partition coefficient (Wildman–Crippen LogP) is 5.43. The predicted molar refractivity (Wildman–Crippen MR) is 86.1 cm³/mol. The molecule has 0 bridgehead atoms. The Hall–Kier alpha value is -2.82. The summed E-state index contributed by atoms with van der Waals surface area (Å²) in [6.45, 7) is 1.40. The number of alkyl halides is 3. The Balaban J connectivity index is 2.08. The fourth-order valence-electron chi connectivity index (χ4n) is 2.58. The maximum atomic E-state index is 12.6. The first-order chi connectivity index (χ1) is 11.3. The molecule has 0 saturated heterocycles. The van der Waals surface area contributed by atoms with Crippen LogP contribution in [0.5, 0.6) is 5.75 Å². The summed E-state index contributed by atoms with van der Waals surface area (Å²) in [5.74, 6) is -0.177. The van der Waals surface area contributed by atoms with Crippen molar-refractivity contribution in [2.24, 2.45) is 0 Å². The smallest absolute Gasteiger partial charge is 0.416 e. The minimum atomic E-state index is -4.37. The van der Waals surface area contributed by atoms with Crippen molar-refractivity contribution < 1.29 is 23.1 Å². The average molecular weight is 330 g/mol. The molecule has 0 aromatic heterocycles. The summed E-state index contributed by atoms with van der Waals surface area (Å²) in [5, 5.41) is 11.2. The Morgan fingerprint density at radius 3 is 2.12 bits per heavy atom. The molecule has 0 saturated carbocycles. The first-order valence-corrected chi connectivity index (χ1v) is 7.21. The lowest BCUT2D eigenvalue weighted by molar-refractivity contribution is -0.137. The number of hydrogen-bond donors (Lipinski definition) is 1. The van der Waals surface area contributed by atoms with Gasteiger partial charge in [-0.1, -0.05) is 24.3 Å². The van der Waals surface area contributed by atoms with Gasteiger partial charge in [-0.15, -0.1) is 0 Å². The number of carbonyl (C=O) groups excluding carboxylic acids is 1. The van der Waals surface area contributed by atoms with Gasteiger partial charge in [0, 0.05) is 10.9 Å². The lowest BCUT2D eigenvalue weighted by atomic mass is 9.98. The van der Waals surface area contributed by atoms with Crippen LogP contribution in [0.25, 0.3) is 21.9 Å². The molecule has 0 atom stereocenters. The van der Waals surface area contributed by atoms with E-state index in [1.165, 1.54) is 25.1 Å². The Morgan fingerprint density at radius 2 is 1.54 bits per heavy atom. The van der Waals surface area contributed by atoms with Crippen molar-refractivity contribution in [1.82, 2.24) is 0 Å². The van der Waals surface area contributed by atoms with Crippen LogP contribution in [0.4, 0.5) is 13.2 Å². The highest BCUT2D eigenvalue weighted by Gasteiger charge is 2.29. The van der Waals surface area contributed by atoms with Gasteiger partial charge in [0.25, 0.3) is 0 Å². The van der Waals surface area contributed by atoms with E-state index in [0.717, 1.165) is 12.1 Å². The van der Waals surface area contributed by atoms with Gasteiger partial charge in [-0.3, -0.25) is 4.79 Å². The normalized spacial score (nSPS) is 11.7. The van der Waals surface area contributed by atoms with E-state index in [1.54, 1.807) is 24.3 Å². The second kappa shape index (κ2) is 5.67. The van der Waals surface area contributed by atoms with Crippen LogP contribution in [-0.2, 0) is 6.18 Å². The highest BCUT2D eigenvalue weighted by atomic mass is 19.4. The van der Waals surface area contributed by atoms with Crippen molar-refractivity contribution >= 4 is 16.6 Å². The zero-order chi connectivity index (χ0) is 17.5. The largest absolute Gasteiger partial charge is 0.507 e. The first-order valence-electron chi connectivity index (χ1n) is 7.21. The van der Waals surface area contributed by atoms with Gasteiger partial charge < -0.3 is 5.11 Å². The van der Waals surface area contributed by atoms with Gasteiger partial charge in [-0.25, -0.2) is 0 Å². The lowest BCUT2D eigenvalue weighted by Gasteiger charge is -2.09. The molecule has 2 nitrogen and oxygen atoms in total. The molecule has 1 N–H and O–H groups in total. The van der Waals surface area contributed by atoms with Crippen molar-refractivity contribution in [3.8, 4) is 16.9 Å². The molecule has 5 heteroatoms. The van der Waals surface area contributed by atoms with Crippen LogP contribution in [0.3, 0.4) is 0 Å². The third-order valence-electron chi connectivity index (χ3n) is 3.88. The second-order valence-corrected chi connectivity index (χ2v) is 5.56. The van der Waals surface area contributed by atoms with E-state index in [1.807, 2.05) is 0 Å². The molecule has 0 radical (unpaired) electrons. The standard InChI is InChI=1S/C19H13F3O2/c1-11(23)14-9-15-8-13(4-7-17(15)18(24)10-14)12-2-5-16(6-3-12)19(20,21)22/h2-10,24H,1H3. The summed E-state index contributed by atoms with van der Waals surface area (Å²) in [6, 6.07) is 13.1. The zero-order valence-electron chi connectivity index (χ0n) is 12.7. The maximum Gasteiger partial charge on any atom is 0.416 e. The van der Waals surface area contributed by atoms with E-state index >= 15 is 0 Å². The Labute approximate surface area is 136 Å². The Morgan fingerprint density at radius 1 is 0.917 bits per heavy atom. The summed E-state index contributed by atoms with van der Waals surface area (Å²) in [5.41, 5.74) is 1.00. The Kier molecular flexibility index (Phi) is 3.79.